The molecule has 5 nitrogen and oxygen atoms in total. The van der Waals surface area contributed by atoms with E-state index < -0.39 is 17.9 Å². The minimum Gasteiger partial charge on any atom is -0.479 e. The Labute approximate surface area is 152 Å². The van der Waals surface area contributed by atoms with Crippen LogP contribution in [0.15, 0.2) is 48.5 Å². The number of hydrazine groups is 1. The number of hydrogen-bond donors (Lipinski definition) is 2. The molecular formula is C16H14ClIN2O3. The lowest BCUT2D eigenvalue weighted by atomic mass is 10.2. The number of benzene rings is 2. The Morgan fingerprint density at radius 1 is 1.09 bits per heavy atom. The fourth-order valence-corrected chi connectivity index (χ4v) is 2.53. The van der Waals surface area contributed by atoms with Gasteiger partial charge in [0.05, 0.1) is 10.6 Å². The fraction of sp³-hybridized carbons (Fsp3) is 0.125. The molecule has 0 bridgehead atoms. The van der Waals surface area contributed by atoms with Crippen molar-refractivity contribution in [1.29, 1.82) is 0 Å². The van der Waals surface area contributed by atoms with Crippen molar-refractivity contribution in [1.82, 2.24) is 10.9 Å². The van der Waals surface area contributed by atoms with E-state index >= 15 is 0 Å². The molecule has 0 saturated heterocycles. The van der Waals surface area contributed by atoms with Gasteiger partial charge in [-0.25, -0.2) is 0 Å². The van der Waals surface area contributed by atoms with Crippen molar-refractivity contribution in [3.05, 3.63) is 62.7 Å². The van der Waals surface area contributed by atoms with Gasteiger partial charge in [0.1, 0.15) is 5.75 Å². The first-order valence-corrected chi connectivity index (χ1v) is 8.20. The van der Waals surface area contributed by atoms with Crippen LogP contribution in [0.3, 0.4) is 0 Å². The first-order valence-electron chi connectivity index (χ1n) is 6.75. The molecule has 0 fully saturated rings. The Hall–Kier alpha value is -1.80. The first-order chi connectivity index (χ1) is 11.0. The molecule has 0 aliphatic carbocycles. The lowest BCUT2D eigenvalue weighted by molar-refractivity contribution is -0.128. The zero-order chi connectivity index (χ0) is 16.8. The van der Waals surface area contributed by atoms with Gasteiger partial charge in [-0.05, 0) is 53.8 Å². The molecule has 2 N–H and O–H groups in total. The van der Waals surface area contributed by atoms with Gasteiger partial charge in [0.25, 0.3) is 11.8 Å². The predicted molar refractivity (Wildman–Crippen MR) is 96.3 cm³/mol. The highest BCUT2D eigenvalue weighted by Crippen LogP contribution is 2.24. The van der Waals surface area contributed by atoms with E-state index in [0.717, 1.165) is 3.57 Å². The van der Waals surface area contributed by atoms with E-state index in [1.807, 2.05) is 6.07 Å². The normalized spacial score (nSPS) is 11.4. The molecule has 0 aliphatic heterocycles. The Bertz CT molecular complexity index is 724. The maximum absolute atomic E-state index is 12.0. The predicted octanol–water partition coefficient (Wildman–Crippen LogP) is 3.17. The summed E-state index contributed by atoms with van der Waals surface area (Å²) < 4.78 is 6.26. The summed E-state index contributed by atoms with van der Waals surface area (Å²) in [5, 5.41) is 0.412. The average Bonchev–Trinajstić information content (AvgIpc) is 2.54. The standard InChI is InChI=1S/C16H14ClIN2O3/c1-10(23-14-9-5-3-7-12(14)17)15(21)19-20-16(22)11-6-2-4-8-13(11)18/h2-10H,1H3,(H,19,21)(H,20,22). The number of carbonyl (C=O) groups is 2. The Morgan fingerprint density at radius 2 is 1.74 bits per heavy atom. The summed E-state index contributed by atoms with van der Waals surface area (Å²) >= 11 is 8.02. The van der Waals surface area contributed by atoms with Crippen LogP contribution in [0.5, 0.6) is 5.75 Å². The number of halogens is 2. The van der Waals surface area contributed by atoms with Crippen LogP contribution in [-0.2, 0) is 4.79 Å². The van der Waals surface area contributed by atoms with Gasteiger partial charge in [0.15, 0.2) is 6.10 Å². The number of rotatable bonds is 4. The molecule has 2 rings (SSSR count). The summed E-state index contributed by atoms with van der Waals surface area (Å²) in [5.41, 5.74) is 5.18. The number of ether oxygens (including phenoxy) is 1. The van der Waals surface area contributed by atoms with Crippen molar-refractivity contribution in [3.63, 3.8) is 0 Å². The van der Waals surface area contributed by atoms with Gasteiger partial charge in [-0.15, -0.1) is 0 Å². The average molecular weight is 445 g/mol. The maximum atomic E-state index is 12.0. The molecule has 0 saturated carbocycles. The molecule has 0 radical (unpaired) electrons. The SMILES string of the molecule is CC(Oc1ccccc1Cl)C(=O)NNC(=O)c1ccccc1I. The summed E-state index contributed by atoms with van der Waals surface area (Å²) in [6, 6.07) is 13.9. The van der Waals surface area contributed by atoms with Gasteiger partial charge in [-0.1, -0.05) is 35.9 Å². The Kier molecular flexibility index (Phi) is 6.23. The maximum Gasteiger partial charge on any atom is 0.279 e. The van der Waals surface area contributed by atoms with Crippen LogP contribution >= 0.6 is 34.2 Å². The van der Waals surface area contributed by atoms with Gasteiger partial charge in [0, 0.05) is 3.57 Å². The molecule has 2 aromatic carbocycles. The van der Waals surface area contributed by atoms with Gasteiger partial charge < -0.3 is 4.74 Å². The van der Waals surface area contributed by atoms with Crippen molar-refractivity contribution in [2.45, 2.75) is 13.0 Å². The minimum atomic E-state index is -0.815. The Balaban J connectivity index is 1.91. The number of amides is 2. The zero-order valence-electron chi connectivity index (χ0n) is 12.2. The number of hydrogen-bond acceptors (Lipinski definition) is 3. The van der Waals surface area contributed by atoms with E-state index in [0.29, 0.717) is 16.3 Å². The molecule has 120 valence electrons. The monoisotopic (exact) mass is 444 g/mol. The summed E-state index contributed by atoms with van der Waals surface area (Å²) in [6.45, 7) is 1.57. The summed E-state index contributed by atoms with van der Waals surface area (Å²) in [7, 11) is 0. The third-order valence-electron chi connectivity index (χ3n) is 2.93. The summed E-state index contributed by atoms with van der Waals surface area (Å²) in [6.07, 6.45) is -0.815. The first kappa shape index (κ1) is 17.6. The molecular weight excluding hydrogens is 431 g/mol. The van der Waals surface area contributed by atoms with Crippen LogP contribution < -0.4 is 15.6 Å². The molecule has 7 heteroatoms. The second-order valence-corrected chi connectivity index (χ2v) is 6.18. The van der Waals surface area contributed by atoms with E-state index in [9.17, 15) is 9.59 Å². The van der Waals surface area contributed by atoms with Crippen molar-refractivity contribution < 1.29 is 14.3 Å². The lowest BCUT2D eigenvalue weighted by Crippen LogP contribution is -2.47. The largest absolute Gasteiger partial charge is 0.479 e. The van der Waals surface area contributed by atoms with Crippen LogP contribution in [0, 0.1) is 3.57 Å². The van der Waals surface area contributed by atoms with Crippen LogP contribution in [0.25, 0.3) is 0 Å². The topological polar surface area (TPSA) is 67.4 Å². The molecule has 0 heterocycles. The van der Waals surface area contributed by atoms with E-state index in [2.05, 4.69) is 33.4 Å². The van der Waals surface area contributed by atoms with Gasteiger partial charge in [0.2, 0.25) is 0 Å². The third-order valence-corrected chi connectivity index (χ3v) is 4.18. The van der Waals surface area contributed by atoms with Crippen LogP contribution in [0.2, 0.25) is 5.02 Å². The van der Waals surface area contributed by atoms with Gasteiger partial charge in [-0.3, -0.25) is 20.4 Å². The Morgan fingerprint density at radius 3 is 2.43 bits per heavy atom. The van der Waals surface area contributed by atoms with Crippen LogP contribution in [-0.4, -0.2) is 17.9 Å². The van der Waals surface area contributed by atoms with Crippen molar-refractivity contribution in [3.8, 4) is 5.75 Å². The van der Waals surface area contributed by atoms with Crippen molar-refractivity contribution in [2.24, 2.45) is 0 Å². The van der Waals surface area contributed by atoms with Crippen LogP contribution in [0.1, 0.15) is 17.3 Å². The van der Waals surface area contributed by atoms with Gasteiger partial charge in [-0.2, -0.15) is 0 Å². The number of carbonyl (C=O) groups excluding carboxylic acids is 2. The summed E-state index contributed by atoms with van der Waals surface area (Å²) in [5.74, 6) is -0.474. The number of nitrogens with one attached hydrogen (secondary N) is 2. The summed E-state index contributed by atoms with van der Waals surface area (Å²) in [4.78, 5) is 24.0. The number of para-hydroxylation sites is 1. The fourth-order valence-electron chi connectivity index (χ4n) is 1.72. The van der Waals surface area contributed by atoms with E-state index in [-0.39, 0.29) is 0 Å². The van der Waals surface area contributed by atoms with Gasteiger partial charge >= 0.3 is 0 Å². The van der Waals surface area contributed by atoms with Crippen molar-refractivity contribution >= 4 is 46.0 Å². The highest BCUT2D eigenvalue weighted by molar-refractivity contribution is 14.1. The molecule has 0 spiro atoms. The smallest absolute Gasteiger partial charge is 0.279 e. The molecule has 1 atom stereocenters. The van der Waals surface area contributed by atoms with E-state index in [1.54, 1.807) is 49.4 Å². The highest BCUT2D eigenvalue weighted by Gasteiger charge is 2.17. The second-order valence-electron chi connectivity index (χ2n) is 4.61. The minimum absolute atomic E-state index is 0.395. The third kappa shape index (κ3) is 4.84. The molecule has 0 aliphatic rings. The molecule has 2 aromatic rings. The molecule has 23 heavy (non-hydrogen) atoms. The highest BCUT2D eigenvalue weighted by atomic mass is 127. The van der Waals surface area contributed by atoms with Crippen LogP contribution in [0.4, 0.5) is 0 Å². The lowest BCUT2D eigenvalue weighted by Gasteiger charge is -2.16. The van der Waals surface area contributed by atoms with Crippen molar-refractivity contribution in [2.75, 3.05) is 0 Å². The van der Waals surface area contributed by atoms with E-state index in [1.165, 1.54) is 0 Å². The second kappa shape index (κ2) is 8.16. The molecule has 0 aromatic heterocycles. The molecule has 2 amide bonds. The molecule has 1 unspecified atom stereocenters. The quantitative estimate of drug-likeness (QED) is 0.562. The zero-order valence-corrected chi connectivity index (χ0v) is 15.1. The van der Waals surface area contributed by atoms with E-state index in [4.69, 9.17) is 16.3 Å².